The maximum atomic E-state index is 12.5. The standard InChI is InChI=1S/C21H25ClN2O5/c1-4-6-11-28-17-9-7-15(12-18(17)27-5-2)21(26)29-14(3)20(25)24-19-10-8-16(22)13-23-19/h7-10,12-14H,4-6,11H2,1-3H3,(H,23,24,25)/t14-/m0/s1. The number of hydrogen-bond donors (Lipinski definition) is 1. The first kappa shape index (κ1) is 22.5. The first-order chi connectivity index (χ1) is 13.9. The highest BCUT2D eigenvalue weighted by molar-refractivity contribution is 6.30. The van der Waals surface area contributed by atoms with Gasteiger partial charge in [-0.2, -0.15) is 0 Å². The summed E-state index contributed by atoms with van der Waals surface area (Å²) < 4.78 is 16.5. The molecule has 0 unspecified atom stereocenters. The average Bonchev–Trinajstić information content (AvgIpc) is 2.71. The zero-order valence-corrected chi connectivity index (χ0v) is 17.5. The lowest BCUT2D eigenvalue weighted by Gasteiger charge is -2.15. The van der Waals surface area contributed by atoms with Gasteiger partial charge in [-0.1, -0.05) is 24.9 Å². The second-order valence-electron chi connectivity index (χ2n) is 6.19. The molecule has 0 fully saturated rings. The minimum absolute atomic E-state index is 0.264. The summed E-state index contributed by atoms with van der Waals surface area (Å²) in [6.07, 6.45) is 2.33. The van der Waals surface area contributed by atoms with Crippen LogP contribution < -0.4 is 14.8 Å². The number of anilines is 1. The minimum Gasteiger partial charge on any atom is -0.490 e. The molecule has 1 heterocycles. The lowest BCUT2D eigenvalue weighted by atomic mass is 10.2. The number of ether oxygens (including phenoxy) is 3. The Morgan fingerprint density at radius 1 is 1.14 bits per heavy atom. The molecule has 0 spiro atoms. The number of carbonyl (C=O) groups is 2. The van der Waals surface area contributed by atoms with Crippen molar-refractivity contribution in [2.45, 2.75) is 39.7 Å². The number of rotatable bonds is 10. The molecule has 0 bridgehead atoms. The van der Waals surface area contributed by atoms with Crippen LogP contribution in [0.5, 0.6) is 11.5 Å². The maximum absolute atomic E-state index is 12.5. The van der Waals surface area contributed by atoms with Crippen molar-refractivity contribution in [2.24, 2.45) is 0 Å². The quantitative estimate of drug-likeness (QED) is 0.450. The molecule has 0 saturated carbocycles. The van der Waals surface area contributed by atoms with Crippen LogP contribution in [0.25, 0.3) is 0 Å². The average molecular weight is 421 g/mol. The smallest absolute Gasteiger partial charge is 0.339 e. The molecule has 0 saturated heterocycles. The van der Waals surface area contributed by atoms with Gasteiger partial charge in [0.25, 0.3) is 5.91 Å². The predicted molar refractivity (Wildman–Crippen MR) is 111 cm³/mol. The third kappa shape index (κ3) is 6.94. The number of halogens is 1. The normalized spacial score (nSPS) is 11.4. The van der Waals surface area contributed by atoms with Crippen molar-refractivity contribution >= 4 is 29.3 Å². The van der Waals surface area contributed by atoms with Crippen molar-refractivity contribution in [3.8, 4) is 11.5 Å². The number of pyridine rings is 1. The Morgan fingerprint density at radius 3 is 2.59 bits per heavy atom. The molecule has 0 aliphatic carbocycles. The number of amides is 1. The highest BCUT2D eigenvalue weighted by Crippen LogP contribution is 2.29. The van der Waals surface area contributed by atoms with Gasteiger partial charge in [-0.05, 0) is 50.6 Å². The largest absolute Gasteiger partial charge is 0.490 e. The Balaban J connectivity index is 2.01. The first-order valence-corrected chi connectivity index (χ1v) is 9.85. The molecule has 1 N–H and O–H groups in total. The summed E-state index contributed by atoms with van der Waals surface area (Å²) in [5.41, 5.74) is 0.264. The van der Waals surface area contributed by atoms with Crippen LogP contribution in [-0.4, -0.2) is 36.2 Å². The van der Waals surface area contributed by atoms with Crippen LogP contribution in [0.1, 0.15) is 44.0 Å². The van der Waals surface area contributed by atoms with Gasteiger partial charge < -0.3 is 19.5 Å². The van der Waals surface area contributed by atoms with Gasteiger partial charge in [0.1, 0.15) is 5.82 Å². The van der Waals surface area contributed by atoms with Gasteiger partial charge in [0.2, 0.25) is 0 Å². The monoisotopic (exact) mass is 420 g/mol. The number of nitrogens with zero attached hydrogens (tertiary/aromatic N) is 1. The molecule has 156 valence electrons. The number of benzene rings is 1. The molecule has 7 nitrogen and oxygen atoms in total. The van der Waals surface area contributed by atoms with Crippen LogP contribution in [0.2, 0.25) is 5.02 Å². The summed E-state index contributed by atoms with van der Waals surface area (Å²) in [6.45, 7) is 6.39. The van der Waals surface area contributed by atoms with Crippen molar-refractivity contribution in [1.82, 2.24) is 4.98 Å². The van der Waals surface area contributed by atoms with Crippen molar-refractivity contribution in [3.63, 3.8) is 0 Å². The lowest BCUT2D eigenvalue weighted by molar-refractivity contribution is -0.123. The highest BCUT2D eigenvalue weighted by atomic mass is 35.5. The molecule has 0 aliphatic heterocycles. The van der Waals surface area contributed by atoms with Crippen molar-refractivity contribution in [1.29, 1.82) is 0 Å². The number of nitrogens with one attached hydrogen (secondary N) is 1. The van der Waals surface area contributed by atoms with Gasteiger partial charge in [0, 0.05) is 6.20 Å². The second kappa shape index (κ2) is 11.3. The Morgan fingerprint density at radius 2 is 1.93 bits per heavy atom. The van der Waals surface area contributed by atoms with Gasteiger partial charge in [-0.15, -0.1) is 0 Å². The molecule has 8 heteroatoms. The molecule has 2 aromatic rings. The number of aromatic nitrogens is 1. The first-order valence-electron chi connectivity index (χ1n) is 9.47. The Labute approximate surface area is 175 Å². The third-order valence-corrected chi connectivity index (χ3v) is 4.09. The minimum atomic E-state index is -1.02. The molecule has 1 aromatic heterocycles. The fourth-order valence-electron chi connectivity index (χ4n) is 2.31. The van der Waals surface area contributed by atoms with E-state index in [-0.39, 0.29) is 5.56 Å². The Kier molecular flexibility index (Phi) is 8.73. The summed E-state index contributed by atoms with van der Waals surface area (Å²) in [7, 11) is 0. The van der Waals surface area contributed by atoms with E-state index in [9.17, 15) is 9.59 Å². The van der Waals surface area contributed by atoms with Gasteiger partial charge in [0.05, 0.1) is 23.8 Å². The van der Waals surface area contributed by atoms with E-state index in [1.165, 1.54) is 13.1 Å². The molecular formula is C21H25ClN2O5. The summed E-state index contributed by atoms with van der Waals surface area (Å²) in [4.78, 5) is 28.7. The SMILES string of the molecule is CCCCOc1ccc(C(=O)O[C@@H](C)C(=O)Nc2ccc(Cl)cn2)cc1OCC. The van der Waals surface area contributed by atoms with Crippen molar-refractivity contribution in [2.75, 3.05) is 18.5 Å². The second-order valence-corrected chi connectivity index (χ2v) is 6.63. The van der Waals surface area contributed by atoms with Crippen molar-refractivity contribution < 1.29 is 23.8 Å². The maximum Gasteiger partial charge on any atom is 0.339 e. The van der Waals surface area contributed by atoms with E-state index in [0.717, 1.165) is 12.8 Å². The fraction of sp³-hybridized carbons (Fsp3) is 0.381. The molecule has 29 heavy (non-hydrogen) atoms. The van der Waals surface area contributed by atoms with Crippen molar-refractivity contribution in [3.05, 3.63) is 47.1 Å². The number of hydrogen-bond acceptors (Lipinski definition) is 6. The highest BCUT2D eigenvalue weighted by Gasteiger charge is 2.20. The lowest BCUT2D eigenvalue weighted by Crippen LogP contribution is -2.30. The van der Waals surface area contributed by atoms with Crippen LogP contribution in [0.4, 0.5) is 5.82 Å². The molecule has 0 aliphatic rings. The summed E-state index contributed by atoms with van der Waals surface area (Å²) in [6, 6.07) is 7.95. The number of esters is 1. The van der Waals surface area contributed by atoms with Crippen LogP contribution >= 0.6 is 11.6 Å². The zero-order valence-electron chi connectivity index (χ0n) is 16.7. The fourth-order valence-corrected chi connectivity index (χ4v) is 2.42. The van der Waals surface area contributed by atoms with Gasteiger partial charge in [-0.25, -0.2) is 9.78 Å². The van der Waals surface area contributed by atoms with Gasteiger partial charge in [-0.3, -0.25) is 4.79 Å². The predicted octanol–water partition coefficient (Wildman–Crippen LogP) is 4.50. The van der Waals surface area contributed by atoms with Crippen LogP contribution in [0, 0.1) is 0 Å². The zero-order chi connectivity index (χ0) is 21.2. The summed E-state index contributed by atoms with van der Waals surface area (Å²) in [5, 5.41) is 3.02. The topological polar surface area (TPSA) is 86.8 Å². The van der Waals surface area contributed by atoms with E-state index in [0.29, 0.717) is 35.6 Å². The van der Waals surface area contributed by atoms with Crippen LogP contribution in [0.15, 0.2) is 36.5 Å². The van der Waals surface area contributed by atoms with E-state index in [1.807, 2.05) is 6.92 Å². The summed E-state index contributed by atoms with van der Waals surface area (Å²) in [5.74, 6) is 0.196. The van der Waals surface area contributed by atoms with E-state index >= 15 is 0 Å². The molecule has 1 atom stereocenters. The molecule has 1 aromatic carbocycles. The number of unbranched alkanes of at least 4 members (excludes halogenated alkanes) is 1. The van der Waals surface area contributed by atoms with Gasteiger partial charge >= 0.3 is 5.97 Å². The molecule has 0 radical (unpaired) electrons. The number of carbonyl (C=O) groups excluding carboxylic acids is 2. The molecular weight excluding hydrogens is 396 g/mol. The van der Waals surface area contributed by atoms with E-state index < -0.39 is 18.0 Å². The Bertz CT molecular complexity index is 826. The summed E-state index contributed by atoms with van der Waals surface area (Å²) >= 11 is 5.77. The van der Waals surface area contributed by atoms with E-state index in [4.69, 9.17) is 25.8 Å². The van der Waals surface area contributed by atoms with E-state index in [1.54, 1.807) is 30.3 Å². The third-order valence-electron chi connectivity index (χ3n) is 3.87. The molecule has 1 amide bonds. The van der Waals surface area contributed by atoms with Crippen LogP contribution in [-0.2, 0) is 9.53 Å². The van der Waals surface area contributed by atoms with Gasteiger partial charge in [0.15, 0.2) is 17.6 Å². The Hall–Kier alpha value is -2.80. The van der Waals surface area contributed by atoms with Crippen LogP contribution in [0.3, 0.4) is 0 Å². The van der Waals surface area contributed by atoms with E-state index in [2.05, 4.69) is 17.2 Å². The molecule has 2 rings (SSSR count).